The SMILES string of the molecule is CC1(C)c2cc(N(c3ccccc3)c3cc4ccccc4c4ccccc34)cc3c2/C2=C\C=C/C1(C)c1c(cc(N(c4ccccc4)c4cc5ccccc5c5ccccc45)cc1-3)C2.CCC.CCN. The summed E-state index contributed by atoms with van der Waals surface area (Å²) in [7, 11) is 0. The highest BCUT2D eigenvalue weighted by Crippen LogP contribution is 2.61. The van der Waals surface area contributed by atoms with Gasteiger partial charge in [0.15, 0.2) is 0 Å². The van der Waals surface area contributed by atoms with Gasteiger partial charge < -0.3 is 15.5 Å². The molecule has 10 aromatic carbocycles. The van der Waals surface area contributed by atoms with E-state index < -0.39 is 0 Å². The van der Waals surface area contributed by atoms with Crippen LogP contribution in [0.4, 0.5) is 34.1 Å². The number of hydrogen-bond donors (Lipinski definition) is 1. The Morgan fingerprint density at radius 3 is 1.41 bits per heavy atom. The number of rotatable bonds is 6. The Kier molecular flexibility index (Phi) is 11.5. The van der Waals surface area contributed by atoms with E-state index in [-0.39, 0.29) is 10.8 Å². The van der Waals surface area contributed by atoms with E-state index in [1.807, 2.05) is 6.92 Å². The minimum Gasteiger partial charge on any atom is -0.331 e. The number of hydrogen-bond acceptors (Lipinski definition) is 3. The van der Waals surface area contributed by atoms with Crippen molar-refractivity contribution in [2.45, 2.75) is 65.2 Å². The summed E-state index contributed by atoms with van der Waals surface area (Å²) in [6.45, 7) is 14.4. The minimum absolute atomic E-state index is 0.257. The number of anilines is 6. The first-order chi connectivity index (χ1) is 34.2. The summed E-state index contributed by atoms with van der Waals surface area (Å²) in [5.74, 6) is 0. The molecule has 0 fully saturated rings. The van der Waals surface area contributed by atoms with Gasteiger partial charge in [-0.1, -0.05) is 200 Å². The fourth-order valence-corrected chi connectivity index (χ4v) is 11.7. The predicted octanol–water partition coefficient (Wildman–Crippen LogP) is 18.3. The highest BCUT2D eigenvalue weighted by molar-refractivity contribution is 6.16. The molecule has 0 saturated carbocycles. The van der Waals surface area contributed by atoms with Crippen molar-refractivity contribution in [3.63, 3.8) is 0 Å². The summed E-state index contributed by atoms with van der Waals surface area (Å²) in [5.41, 5.74) is 20.9. The maximum absolute atomic E-state index is 4.85. The molecule has 0 aromatic heterocycles. The van der Waals surface area contributed by atoms with Crippen molar-refractivity contribution < 1.29 is 0 Å². The van der Waals surface area contributed by atoms with Crippen molar-refractivity contribution in [1.29, 1.82) is 0 Å². The quantitative estimate of drug-likeness (QED) is 0.169. The van der Waals surface area contributed by atoms with Gasteiger partial charge in [0, 0.05) is 44.4 Å². The van der Waals surface area contributed by atoms with Crippen LogP contribution >= 0.6 is 0 Å². The molecule has 344 valence electrons. The normalized spacial score (nSPS) is 16.8. The number of nitrogens with zero attached hydrogens (tertiary/aromatic N) is 2. The molecule has 70 heavy (non-hydrogen) atoms. The fraction of sp³-hybridized carbons (Fsp3) is 0.164. The van der Waals surface area contributed by atoms with Crippen LogP contribution in [-0.4, -0.2) is 6.54 Å². The summed E-state index contributed by atoms with van der Waals surface area (Å²) < 4.78 is 0. The zero-order valence-corrected chi connectivity index (χ0v) is 41.3. The number of benzene rings is 10. The van der Waals surface area contributed by atoms with Crippen LogP contribution in [0.5, 0.6) is 0 Å². The van der Waals surface area contributed by atoms with Crippen molar-refractivity contribution in [3.8, 4) is 11.1 Å². The molecule has 10 aromatic rings. The van der Waals surface area contributed by atoms with Gasteiger partial charge in [0.1, 0.15) is 0 Å². The van der Waals surface area contributed by atoms with Crippen LogP contribution in [0.2, 0.25) is 0 Å². The van der Waals surface area contributed by atoms with E-state index in [0.717, 1.165) is 24.3 Å². The van der Waals surface area contributed by atoms with Crippen molar-refractivity contribution in [2.24, 2.45) is 5.73 Å². The first kappa shape index (κ1) is 44.8. The molecule has 0 spiro atoms. The van der Waals surface area contributed by atoms with Crippen LogP contribution in [0.15, 0.2) is 212 Å². The molecule has 0 saturated heterocycles. The van der Waals surface area contributed by atoms with Crippen LogP contribution in [-0.2, 0) is 17.3 Å². The molecular weight excluding hydrogens is 847 g/mol. The standard InChI is InChI=1S/C62H46N2.C3H8.C2H7N/c1-61(2)56-39-47(64(45-24-8-5-9-25-45)58-36-41-20-11-13-27-49(41)51-29-15-17-31-53(51)58)37-54-55-38-46(34-43-33-42(59(54)56)21-18-32-62(61,3)60(43)55)63(44-22-6-4-7-23-44)57-35-40-19-10-12-26-48(40)50-28-14-16-30-52(50)57;1-3-2;1-2-3/h4-32,34-39H,33H2,1-3H3;3H2,1-2H3;2-3H2,1H3/b32-18-,42-21-;;. The Morgan fingerprint density at radius 2 is 0.900 bits per heavy atom. The second kappa shape index (κ2) is 18.0. The summed E-state index contributed by atoms with van der Waals surface area (Å²) in [5, 5.41) is 10.00. The van der Waals surface area contributed by atoms with E-state index in [9.17, 15) is 0 Å². The average Bonchev–Trinajstić information content (AvgIpc) is 3.45. The van der Waals surface area contributed by atoms with Gasteiger partial charge in [-0.15, -0.1) is 0 Å². The maximum atomic E-state index is 4.85. The number of para-hydroxylation sites is 2. The van der Waals surface area contributed by atoms with Crippen molar-refractivity contribution in [2.75, 3.05) is 16.3 Å². The zero-order valence-electron chi connectivity index (χ0n) is 41.3. The zero-order chi connectivity index (χ0) is 48.1. The molecule has 8 bridgehead atoms. The molecule has 0 amide bonds. The average molecular weight is 908 g/mol. The van der Waals surface area contributed by atoms with E-state index in [0.29, 0.717) is 0 Å². The second-order valence-electron chi connectivity index (χ2n) is 19.8. The predicted molar refractivity (Wildman–Crippen MR) is 303 cm³/mol. The van der Waals surface area contributed by atoms with Crippen LogP contribution in [0, 0.1) is 0 Å². The van der Waals surface area contributed by atoms with E-state index in [1.165, 1.54) is 111 Å². The van der Waals surface area contributed by atoms with Gasteiger partial charge >= 0.3 is 0 Å². The third-order valence-electron chi connectivity index (χ3n) is 15.1. The van der Waals surface area contributed by atoms with Gasteiger partial charge in [-0.25, -0.2) is 0 Å². The van der Waals surface area contributed by atoms with Gasteiger partial charge in [0.25, 0.3) is 0 Å². The largest absolute Gasteiger partial charge is 0.331 e. The summed E-state index contributed by atoms with van der Waals surface area (Å²) in [6, 6.07) is 72.4. The minimum atomic E-state index is -0.304. The third-order valence-corrected chi connectivity index (χ3v) is 15.1. The van der Waals surface area contributed by atoms with Crippen LogP contribution < -0.4 is 15.5 Å². The van der Waals surface area contributed by atoms with Crippen molar-refractivity contribution in [3.05, 3.63) is 235 Å². The van der Waals surface area contributed by atoms with Crippen LogP contribution in [0.3, 0.4) is 0 Å². The number of fused-ring (bicyclic) bond motifs is 7. The van der Waals surface area contributed by atoms with Gasteiger partial charge in [0.05, 0.1) is 11.4 Å². The molecule has 4 aliphatic rings. The molecular formula is C67H61N3. The number of nitrogens with two attached hydrogens (primary N) is 1. The van der Waals surface area contributed by atoms with E-state index >= 15 is 0 Å². The van der Waals surface area contributed by atoms with Gasteiger partial charge in [-0.2, -0.15) is 0 Å². The summed E-state index contributed by atoms with van der Waals surface area (Å²) in [4.78, 5) is 5.04. The molecule has 1 unspecified atom stereocenters. The first-order valence-corrected chi connectivity index (χ1v) is 25.2. The Morgan fingerprint density at radius 1 is 0.471 bits per heavy atom. The Labute approximate surface area is 413 Å². The first-order valence-electron chi connectivity index (χ1n) is 25.2. The molecule has 14 rings (SSSR count). The van der Waals surface area contributed by atoms with E-state index in [2.05, 4.69) is 257 Å². The van der Waals surface area contributed by atoms with Crippen molar-refractivity contribution >= 4 is 82.8 Å². The van der Waals surface area contributed by atoms with Crippen LogP contribution in [0.25, 0.3) is 59.8 Å². The lowest BCUT2D eigenvalue weighted by Crippen LogP contribution is -2.43. The molecule has 3 heteroatoms. The van der Waals surface area contributed by atoms with Gasteiger partial charge in [-0.3, -0.25) is 0 Å². The molecule has 2 N–H and O–H groups in total. The maximum Gasteiger partial charge on any atom is 0.0546 e. The molecule has 0 heterocycles. The molecule has 4 aliphatic carbocycles. The molecule has 3 nitrogen and oxygen atoms in total. The summed E-state index contributed by atoms with van der Waals surface area (Å²) >= 11 is 0. The Balaban J connectivity index is 0.000000848. The van der Waals surface area contributed by atoms with E-state index in [1.54, 1.807) is 0 Å². The Bertz CT molecular complexity index is 3670. The summed E-state index contributed by atoms with van der Waals surface area (Å²) in [6.07, 6.45) is 9.37. The highest BCUT2D eigenvalue weighted by Gasteiger charge is 2.50. The van der Waals surface area contributed by atoms with Gasteiger partial charge in [0.2, 0.25) is 0 Å². The second-order valence-corrected chi connectivity index (χ2v) is 19.8. The molecule has 0 radical (unpaired) electrons. The molecule has 0 aliphatic heterocycles. The Hall–Kier alpha value is -7.72. The molecule has 1 atom stereocenters. The smallest absolute Gasteiger partial charge is 0.0546 e. The van der Waals surface area contributed by atoms with E-state index in [4.69, 9.17) is 5.73 Å². The topological polar surface area (TPSA) is 32.5 Å². The number of allylic oxidation sites excluding steroid dienone is 4. The van der Waals surface area contributed by atoms with Gasteiger partial charge in [-0.05, 0) is 145 Å². The fourth-order valence-electron chi connectivity index (χ4n) is 11.7. The lowest BCUT2D eigenvalue weighted by molar-refractivity contribution is 0.341. The lowest BCUT2D eigenvalue weighted by atomic mass is 9.56. The third kappa shape index (κ3) is 7.14. The highest BCUT2D eigenvalue weighted by atomic mass is 15.2. The monoisotopic (exact) mass is 907 g/mol. The van der Waals surface area contributed by atoms with Crippen LogP contribution in [0.1, 0.15) is 70.2 Å². The lowest BCUT2D eigenvalue weighted by Gasteiger charge is -2.47. The van der Waals surface area contributed by atoms with Crippen molar-refractivity contribution in [1.82, 2.24) is 0 Å².